The molecule has 2 aromatic rings. The number of methoxy groups -OCH3 is 1. The van der Waals surface area contributed by atoms with Crippen LogP contribution in [0.1, 0.15) is 22.9 Å². The second-order valence-electron chi connectivity index (χ2n) is 7.59. The number of benzene rings is 1. The van der Waals surface area contributed by atoms with Crippen LogP contribution < -0.4 is 5.56 Å². The van der Waals surface area contributed by atoms with Gasteiger partial charge in [0.05, 0.1) is 24.8 Å². The van der Waals surface area contributed by atoms with Gasteiger partial charge in [0.1, 0.15) is 11.6 Å². The van der Waals surface area contributed by atoms with Crippen LogP contribution in [-0.4, -0.2) is 77.6 Å². The van der Waals surface area contributed by atoms with Crippen LogP contribution in [0.2, 0.25) is 0 Å². The lowest BCUT2D eigenvalue weighted by atomic mass is 9.96. The molecule has 1 aromatic heterocycles. The molecule has 2 N–H and O–H groups in total. The molecule has 0 bridgehead atoms. The largest absolute Gasteiger partial charge is 0.507 e. The summed E-state index contributed by atoms with van der Waals surface area (Å²) >= 11 is 0. The number of aryl methyl sites for hydroxylation is 1. The third-order valence-electron chi connectivity index (χ3n) is 5.69. The van der Waals surface area contributed by atoms with Crippen LogP contribution >= 0.6 is 0 Å². The standard InChI is InChI=1S/C22H30FN3O4/c1-16-15-19(28)20(22(29)26(16)12-14-30-2)21(17-3-5-18(23)6-4-17)25-9-7-24(8-10-25)11-13-27/h3-6,15,21,27-28H,7-14H2,1-2H3. The summed E-state index contributed by atoms with van der Waals surface area (Å²) in [5.74, 6) is -0.408. The number of β-amino-alcohol motifs (C(OH)–C–C–N with tert-alkyl or cyclic N) is 1. The fourth-order valence-corrected chi connectivity index (χ4v) is 4.08. The second-order valence-corrected chi connectivity index (χ2v) is 7.59. The Kier molecular flexibility index (Phi) is 7.60. The number of ether oxygens (including phenoxy) is 1. The first-order valence-electron chi connectivity index (χ1n) is 10.2. The molecule has 1 unspecified atom stereocenters. The Morgan fingerprint density at radius 3 is 2.40 bits per heavy atom. The summed E-state index contributed by atoms with van der Waals surface area (Å²) < 4.78 is 20.3. The highest BCUT2D eigenvalue weighted by Gasteiger charge is 2.31. The van der Waals surface area contributed by atoms with Crippen LogP contribution in [0.5, 0.6) is 5.75 Å². The normalized spacial score (nSPS) is 16.7. The van der Waals surface area contributed by atoms with Crippen molar-refractivity contribution in [3.8, 4) is 5.75 Å². The molecular weight excluding hydrogens is 389 g/mol. The summed E-state index contributed by atoms with van der Waals surface area (Å²) in [6.07, 6.45) is 0. The minimum Gasteiger partial charge on any atom is -0.507 e. The van der Waals surface area contributed by atoms with Crippen LogP contribution in [-0.2, 0) is 11.3 Å². The van der Waals surface area contributed by atoms with Crippen molar-refractivity contribution in [2.75, 3.05) is 53.0 Å². The molecule has 1 aromatic carbocycles. The Bertz CT molecular complexity index is 892. The van der Waals surface area contributed by atoms with Gasteiger partial charge in [0.25, 0.3) is 5.56 Å². The number of halogens is 1. The zero-order chi connectivity index (χ0) is 21.7. The number of hydrogen-bond acceptors (Lipinski definition) is 6. The van der Waals surface area contributed by atoms with Gasteiger partial charge in [-0.3, -0.25) is 14.6 Å². The van der Waals surface area contributed by atoms with Crippen molar-refractivity contribution in [1.82, 2.24) is 14.4 Å². The molecule has 8 heteroatoms. The van der Waals surface area contributed by atoms with Crippen LogP contribution in [0.25, 0.3) is 0 Å². The van der Waals surface area contributed by atoms with Gasteiger partial charge in [-0.1, -0.05) is 12.1 Å². The lowest BCUT2D eigenvalue weighted by Crippen LogP contribution is -2.49. The van der Waals surface area contributed by atoms with E-state index in [2.05, 4.69) is 9.80 Å². The van der Waals surface area contributed by atoms with E-state index in [1.54, 1.807) is 36.8 Å². The highest BCUT2D eigenvalue weighted by molar-refractivity contribution is 5.41. The SMILES string of the molecule is COCCn1c(C)cc(O)c(C(c2ccc(F)cc2)N2CCN(CCO)CC2)c1=O. The maximum absolute atomic E-state index is 13.6. The molecule has 0 spiro atoms. The molecular formula is C22H30FN3O4. The molecule has 0 amide bonds. The molecule has 0 saturated carbocycles. The Balaban J connectivity index is 2.05. The average molecular weight is 419 g/mol. The van der Waals surface area contributed by atoms with Gasteiger partial charge in [-0.25, -0.2) is 4.39 Å². The number of piperazine rings is 1. The van der Waals surface area contributed by atoms with E-state index in [0.29, 0.717) is 44.0 Å². The van der Waals surface area contributed by atoms with Crippen LogP contribution in [0.3, 0.4) is 0 Å². The predicted octanol–water partition coefficient (Wildman–Crippen LogP) is 1.35. The number of pyridine rings is 1. The molecule has 0 radical (unpaired) electrons. The minimum atomic E-state index is -0.497. The van der Waals surface area contributed by atoms with Crippen molar-refractivity contribution < 1.29 is 19.3 Å². The van der Waals surface area contributed by atoms with E-state index in [1.807, 2.05) is 0 Å². The monoisotopic (exact) mass is 419 g/mol. The van der Waals surface area contributed by atoms with Crippen LogP contribution in [0.4, 0.5) is 4.39 Å². The summed E-state index contributed by atoms with van der Waals surface area (Å²) in [6.45, 7) is 6.05. The van der Waals surface area contributed by atoms with Crippen LogP contribution in [0, 0.1) is 12.7 Å². The van der Waals surface area contributed by atoms with Gasteiger partial charge in [-0.2, -0.15) is 0 Å². The Morgan fingerprint density at radius 1 is 1.13 bits per heavy atom. The lowest BCUT2D eigenvalue weighted by Gasteiger charge is -2.39. The highest BCUT2D eigenvalue weighted by Crippen LogP contribution is 2.33. The van der Waals surface area contributed by atoms with Gasteiger partial charge < -0.3 is 19.5 Å². The summed E-state index contributed by atoms with van der Waals surface area (Å²) in [5.41, 5.74) is 1.43. The van der Waals surface area contributed by atoms with Crippen molar-refractivity contribution >= 4 is 0 Å². The molecule has 1 fully saturated rings. The fourth-order valence-electron chi connectivity index (χ4n) is 4.08. The molecule has 1 saturated heterocycles. The van der Waals surface area contributed by atoms with Crippen molar-refractivity contribution in [2.45, 2.75) is 19.5 Å². The molecule has 1 atom stereocenters. The van der Waals surface area contributed by atoms with Crippen molar-refractivity contribution in [3.63, 3.8) is 0 Å². The molecule has 7 nitrogen and oxygen atoms in total. The first-order chi connectivity index (χ1) is 14.5. The van der Waals surface area contributed by atoms with E-state index in [4.69, 9.17) is 4.74 Å². The first kappa shape index (κ1) is 22.4. The minimum absolute atomic E-state index is 0.0571. The smallest absolute Gasteiger partial charge is 0.259 e. The van der Waals surface area contributed by atoms with Gasteiger partial charge in [0.15, 0.2) is 0 Å². The fraction of sp³-hybridized carbons (Fsp3) is 0.500. The number of rotatable bonds is 8. The average Bonchev–Trinajstić information content (AvgIpc) is 2.73. The van der Waals surface area contributed by atoms with E-state index < -0.39 is 6.04 Å². The zero-order valence-corrected chi connectivity index (χ0v) is 17.6. The zero-order valence-electron chi connectivity index (χ0n) is 17.6. The van der Waals surface area contributed by atoms with E-state index in [1.165, 1.54) is 12.1 Å². The van der Waals surface area contributed by atoms with Crippen LogP contribution in [0.15, 0.2) is 35.1 Å². The third-order valence-corrected chi connectivity index (χ3v) is 5.69. The van der Waals surface area contributed by atoms with Crippen molar-refractivity contribution in [2.24, 2.45) is 0 Å². The summed E-state index contributed by atoms with van der Waals surface area (Å²) in [4.78, 5) is 17.7. The van der Waals surface area contributed by atoms with E-state index in [-0.39, 0.29) is 23.7 Å². The van der Waals surface area contributed by atoms with Crippen molar-refractivity contribution in [1.29, 1.82) is 0 Å². The molecule has 1 aliphatic rings. The van der Waals surface area contributed by atoms with Gasteiger partial charge in [-0.15, -0.1) is 0 Å². The predicted molar refractivity (Wildman–Crippen MR) is 112 cm³/mol. The summed E-state index contributed by atoms with van der Waals surface area (Å²) in [5, 5.41) is 20.0. The number of hydrogen-bond donors (Lipinski definition) is 2. The van der Waals surface area contributed by atoms with E-state index in [9.17, 15) is 19.4 Å². The van der Waals surface area contributed by atoms with Gasteiger partial charge in [0.2, 0.25) is 0 Å². The molecule has 3 rings (SSSR count). The van der Waals surface area contributed by atoms with Crippen molar-refractivity contribution in [3.05, 3.63) is 63.3 Å². The van der Waals surface area contributed by atoms with E-state index in [0.717, 1.165) is 18.7 Å². The highest BCUT2D eigenvalue weighted by atomic mass is 19.1. The van der Waals surface area contributed by atoms with Gasteiger partial charge in [0, 0.05) is 52.1 Å². The number of aromatic nitrogens is 1. The summed E-state index contributed by atoms with van der Waals surface area (Å²) in [6, 6.07) is 7.18. The number of aliphatic hydroxyl groups excluding tert-OH is 1. The maximum atomic E-state index is 13.6. The first-order valence-corrected chi connectivity index (χ1v) is 10.2. The van der Waals surface area contributed by atoms with E-state index >= 15 is 0 Å². The Morgan fingerprint density at radius 2 is 1.80 bits per heavy atom. The lowest BCUT2D eigenvalue weighted by molar-refractivity contribution is 0.0931. The second kappa shape index (κ2) is 10.2. The van der Waals surface area contributed by atoms with Gasteiger partial charge >= 0.3 is 0 Å². The molecule has 0 aliphatic carbocycles. The quantitative estimate of drug-likeness (QED) is 0.673. The third kappa shape index (κ3) is 4.89. The number of nitrogens with zero attached hydrogens (tertiary/aromatic N) is 3. The molecule has 30 heavy (non-hydrogen) atoms. The topological polar surface area (TPSA) is 78.2 Å². The molecule has 164 valence electrons. The molecule has 2 heterocycles. The molecule has 1 aliphatic heterocycles. The maximum Gasteiger partial charge on any atom is 0.259 e. The number of aliphatic hydroxyl groups is 1. The summed E-state index contributed by atoms with van der Waals surface area (Å²) in [7, 11) is 1.58. The van der Waals surface area contributed by atoms with Gasteiger partial charge in [-0.05, 0) is 30.7 Å². The Hall–Kier alpha value is -2.26. The Labute approximate surface area is 175 Å². The number of aromatic hydroxyl groups is 1.